The summed E-state index contributed by atoms with van der Waals surface area (Å²) in [7, 11) is 0. The molecule has 2 aromatic carbocycles. The topological polar surface area (TPSA) is 23.8 Å². The van der Waals surface area contributed by atoms with Crippen LogP contribution in [0.15, 0.2) is 54.6 Å². The summed E-state index contributed by atoms with van der Waals surface area (Å²) in [6, 6.07) is 20.9. The van der Waals surface area contributed by atoms with Crippen LogP contribution in [0.25, 0.3) is 0 Å². The average Bonchev–Trinajstić information content (AvgIpc) is 2.59. The first-order chi connectivity index (χ1) is 10.9. The van der Waals surface area contributed by atoms with Gasteiger partial charge in [0.2, 0.25) is 0 Å². The highest BCUT2D eigenvalue weighted by molar-refractivity contribution is 5.31. The molecule has 0 aromatic heterocycles. The van der Waals surface area contributed by atoms with Gasteiger partial charge in [0.25, 0.3) is 0 Å². The van der Waals surface area contributed by atoms with E-state index in [2.05, 4.69) is 48.5 Å². The number of nitrogens with zero attached hydrogens (tertiary/aromatic N) is 1. The van der Waals surface area contributed by atoms with Crippen LogP contribution in [0.5, 0.6) is 0 Å². The Hall–Kier alpha value is -2.07. The van der Waals surface area contributed by atoms with E-state index in [1.807, 2.05) is 12.1 Å². The van der Waals surface area contributed by atoms with Crippen molar-refractivity contribution in [1.82, 2.24) is 0 Å². The number of aryl methyl sites for hydroxylation is 2. The van der Waals surface area contributed by atoms with Crippen molar-refractivity contribution in [3.63, 3.8) is 0 Å². The maximum absolute atomic E-state index is 8.77. The molecule has 1 nitrogen and oxygen atoms in total. The van der Waals surface area contributed by atoms with Crippen molar-refractivity contribution in [2.75, 3.05) is 0 Å². The Kier molecular flexibility index (Phi) is 7.26. The molecule has 0 spiro atoms. The predicted molar refractivity (Wildman–Crippen MR) is 92.7 cm³/mol. The first kappa shape index (κ1) is 16.3. The fraction of sp³-hybridized carbons (Fsp3) is 0.381. The zero-order valence-electron chi connectivity index (χ0n) is 13.3. The average molecular weight is 291 g/mol. The van der Waals surface area contributed by atoms with Crippen LogP contribution in [0.4, 0.5) is 0 Å². The van der Waals surface area contributed by atoms with Crippen LogP contribution >= 0.6 is 0 Å². The minimum Gasteiger partial charge on any atom is -0.192 e. The number of hydrogen-bond donors (Lipinski definition) is 0. The van der Waals surface area contributed by atoms with Gasteiger partial charge in [0.15, 0.2) is 0 Å². The van der Waals surface area contributed by atoms with E-state index in [-0.39, 0.29) is 0 Å². The Bertz CT molecular complexity index is 563. The normalized spacial score (nSPS) is 10.3. The SMILES string of the molecule is N#Cc1ccc(CCCCCCCCc2ccccc2)cc1. The van der Waals surface area contributed by atoms with Crippen LogP contribution in [0.1, 0.15) is 55.2 Å². The molecule has 2 rings (SSSR count). The number of rotatable bonds is 9. The van der Waals surface area contributed by atoms with Gasteiger partial charge in [-0.2, -0.15) is 5.26 Å². The molecule has 114 valence electrons. The largest absolute Gasteiger partial charge is 0.192 e. The zero-order valence-corrected chi connectivity index (χ0v) is 13.3. The zero-order chi connectivity index (χ0) is 15.5. The first-order valence-corrected chi connectivity index (χ1v) is 8.41. The maximum atomic E-state index is 8.77. The molecule has 22 heavy (non-hydrogen) atoms. The van der Waals surface area contributed by atoms with Gasteiger partial charge in [-0.15, -0.1) is 0 Å². The Balaban J connectivity index is 1.48. The van der Waals surface area contributed by atoms with E-state index < -0.39 is 0 Å². The van der Waals surface area contributed by atoms with Gasteiger partial charge in [0, 0.05) is 0 Å². The molecule has 0 aliphatic rings. The molecule has 0 saturated heterocycles. The third-order valence-corrected chi connectivity index (χ3v) is 4.11. The second-order valence-electron chi connectivity index (χ2n) is 5.92. The van der Waals surface area contributed by atoms with Gasteiger partial charge in [-0.25, -0.2) is 0 Å². The summed E-state index contributed by atoms with van der Waals surface area (Å²) in [4.78, 5) is 0. The molecule has 0 amide bonds. The van der Waals surface area contributed by atoms with E-state index in [0.717, 1.165) is 12.0 Å². The van der Waals surface area contributed by atoms with E-state index in [1.165, 1.54) is 56.1 Å². The number of hydrogen-bond acceptors (Lipinski definition) is 1. The molecule has 0 bridgehead atoms. The van der Waals surface area contributed by atoms with Gasteiger partial charge >= 0.3 is 0 Å². The predicted octanol–water partition coefficient (Wildman–Crippen LogP) is 5.68. The summed E-state index contributed by atoms with van der Waals surface area (Å²) in [5.74, 6) is 0. The molecule has 0 fully saturated rings. The van der Waals surface area contributed by atoms with Gasteiger partial charge in [0.05, 0.1) is 11.6 Å². The molecule has 0 N–H and O–H groups in total. The fourth-order valence-electron chi connectivity index (χ4n) is 2.76. The second kappa shape index (κ2) is 9.79. The molecule has 0 aliphatic heterocycles. The van der Waals surface area contributed by atoms with Crippen molar-refractivity contribution in [2.24, 2.45) is 0 Å². The number of benzene rings is 2. The third-order valence-electron chi connectivity index (χ3n) is 4.11. The molecule has 0 unspecified atom stereocenters. The van der Waals surface area contributed by atoms with Gasteiger partial charge < -0.3 is 0 Å². The van der Waals surface area contributed by atoms with E-state index in [1.54, 1.807) is 0 Å². The molecule has 0 aliphatic carbocycles. The summed E-state index contributed by atoms with van der Waals surface area (Å²) in [6.07, 6.45) is 10.2. The molecule has 0 heterocycles. The van der Waals surface area contributed by atoms with E-state index in [4.69, 9.17) is 5.26 Å². The van der Waals surface area contributed by atoms with Crippen molar-refractivity contribution in [3.05, 3.63) is 71.3 Å². The summed E-state index contributed by atoms with van der Waals surface area (Å²) in [5.41, 5.74) is 3.56. The van der Waals surface area contributed by atoms with Crippen molar-refractivity contribution in [2.45, 2.75) is 51.4 Å². The van der Waals surface area contributed by atoms with Gasteiger partial charge in [0.1, 0.15) is 0 Å². The lowest BCUT2D eigenvalue weighted by molar-refractivity contribution is 0.594. The molecule has 0 saturated carbocycles. The minimum absolute atomic E-state index is 0.752. The summed E-state index contributed by atoms with van der Waals surface area (Å²) in [6.45, 7) is 0. The van der Waals surface area contributed by atoms with Gasteiger partial charge in [-0.3, -0.25) is 0 Å². The summed E-state index contributed by atoms with van der Waals surface area (Å²) >= 11 is 0. The molecule has 2 aromatic rings. The van der Waals surface area contributed by atoms with Crippen LogP contribution in [0, 0.1) is 11.3 Å². The van der Waals surface area contributed by atoms with Crippen molar-refractivity contribution in [1.29, 1.82) is 5.26 Å². The highest BCUT2D eigenvalue weighted by Gasteiger charge is 1.96. The van der Waals surface area contributed by atoms with Crippen LogP contribution in [-0.2, 0) is 12.8 Å². The van der Waals surface area contributed by atoms with Crippen LogP contribution < -0.4 is 0 Å². The second-order valence-corrected chi connectivity index (χ2v) is 5.92. The Morgan fingerprint density at radius 2 is 1.09 bits per heavy atom. The highest BCUT2D eigenvalue weighted by Crippen LogP contribution is 2.12. The molecule has 0 radical (unpaired) electrons. The van der Waals surface area contributed by atoms with E-state index in [9.17, 15) is 0 Å². The fourth-order valence-corrected chi connectivity index (χ4v) is 2.76. The molecular formula is C21H25N. The Labute approximate surface area is 134 Å². The van der Waals surface area contributed by atoms with E-state index in [0.29, 0.717) is 0 Å². The third kappa shape index (κ3) is 6.14. The van der Waals surface area contributed by atoms with Crippen molar-refractivity contribution < 1.29 is 0 Å². The van der Waals surface area contributed by atoms with Gasteiger partial charge in [-0.05, 0) is 48.9 Å². The van der Waals surface area contributed by atoms with Crippen LogP contribution in [-0.4, -0.2) is 0 Å². The Morgan fingerprint density at radius 1 is 0.591 bits per heavy atom. The lowest BCUT2D eigenvalue weighted by atomic mass is 10.0. The molecule has 1 heteroatoms. The Morgan fingerprint density at radius 3 is 1.64 bits per heavy atom. The number of unbranched alkanes of at least 4 members (excludes halogenated alkanes) is 5. The molecule has 0 atom stereocenters. The first-order valence-electron chi connectivity index (χ1n) is 8.41. The quantitative estimate of drug-likeness (QED) is 0.545. The minimum atomic E-state index is 0.752. The standard InChI is InChI=1S/C21H25N/c22-18-21-16-14-20(15-17-21)13-7-4-2-1-3-6-10-19-11-8-5-9-12-19/h5,8-9,11-12,14-17H,1-4,6-7,10,13H2. The smallest absolute Gasteiger partial charge is 0.0991 e. The number of nitriles is 1. The maximum Gasteiger partial charge on any atom is 0.0991 e. The van der Waals surface area contributed by atoms with Crippen LogP contribution in [0.2, 0.25) is 0 Å². The van der Waals surface area contributed by atoms with Gasteiger partial charge in [-0.1, -0.05) is 68.1 Å². The van der Waals surface area contributed by atoms with E-state index >= 15 is 0 Å². The van der Waals surface area contributed by atoms with Crippen molar-refractivity contribution >= 4 is 0 Å². The monoisotopic (exact) mass is 291 g/mol. The summed E-state index contributed by atoms with van der Waals surface area (Å²) in [5, 5.41) is 8.77. The highest BCUT2D eigenvalue weighted by atomic mass is 14.2. The van der Waals surface area contributed by atoms with Crippen LogP contribution in [0.3, 0.4) is 0 Å². The lowest BCUT2D eigenvalue weighted by Crippen LogP contribution is -1.88. The van der Waals surface area contributed by atoms with Crippen molar-refractivity contribution in [3.8, 4) is 6.07 Å². The lowest BCUT2D eigenvalue weighted by Gasteiger charge is -2.03. The molecular weight excluding hydrogens is 266 g/mol. The summed E-state index contributed by atoms with van der Waals surface area (Å²) < 4.78 is 0.